The van der Waals surface area contributed by atoms with Crippen LogP contribution in [0.4, 0.5) is 5.69 Å². The first-order valence-corrected chi connectivity index (χ1v) is 11.1. The summed E-state index contributed by atoms with van der Waals surface area (Å²) in [5, 5.41) is 2.97. The number of benzene rings is 1. The third-order valence-electron chi connectivity index (χ3n) is 4.72. The van der Waals surface area contributed by atoms with Crippen LogP contribution in [-0.4, -0.2) is 58.1 Å². The first-order chi connectivity index (χ1) is 12.7. The molecule has 1 aromatic rings. The number of carbonyl (C=O) groups is 2. The maximum Gasteiger partial charge on any atom is 0.253 e. The minimum absolute atomic E-state index is 0.112. The van der Waals surface area contributed by atoms with Gasteiger partial charge in [-0.2, -0.15) is 0 Å². The number of nitrogens with zero attached hydrogens (tertiary/aromatic N) is 2. The summed E-state index contributed by atoms with van der Waals surface area (Å²) in [5.41, 5.74) is 0.823. The Balaban J connectivity index is 2.11. The van der Waals surface area contributed by atoms with Gasteiger partial charge < -0.3 is 10.2 Å². The molecule has 2 rings (SSSR count). The summed E-state index contributed by atoms with van der Waals surface area (Å²) in [5.74, 6) is -0.473. The molecule has 150 valence electrons. The van der Waals surface area contributed by atoms with Crippen LogP contribution < -0.4 is 9.62 Å². The van der Waals surface area contributed by atoms with Crippen LogP contribution >= 0.6 is 0 Å². The van der Waals surface area contributed by atoms with Gasteiger partial charge >= 0.3 is 0 Å². The van der Waals surface area contributed by atoms with Crippen molar-refractivity contribution >= 4 is 27.5 Å². The van der Waals surface area contributed by atoms with Crippen molar-refractivity contribution in [3.05, 3.63) is 29.8 Å². The summed E-state index contributed by atoms with van der Waals surface area (Å²) in [6, 6.07) is 6.35. The van der Waals surface area contributed by atoms with Gasteiger partial charge in [-0.1, -0.05) is 25.7 Å². The highest BCUT2D eigenvalue weighted by molar-refractivity contribution is 7.92. The lowest BCUT2D eigenvalue weighted by Crippen LogP contribution is -2.44. The van der Waals surface area contributed by atoms with Gasteiger partial charge in [0.25, 0.3) is 5.91 Å². The van der Waals surface area contributed by atoms with Crippen molar-refractivity contribution in [3.63, 3.8) is 0 Å². The number of anilines is 1. The second-order valence-electron chi connectivity index (χ2n) is 7.27. The summed E-state index contributed by atoms with van der Waals surface area (Å²) in [6.45, 7) is -0.268. The first-order valence-electron chi connectivity index (χ1n) is 9.27. The zero-order valence-electron chi connectivity index (χ0n) is 16.3. The lowest BCUT2D eigenvalue weighted by atomic mass is 10.1. The molecule has 8 heteroatoms. The minimum Gasteiger partial charge on any atom is -0.352 e. The highest BCUT2D eigenvalue weighted by Gasteiger charge is 2.23. The zero-order valence-corrected chi connectivity index (χ0v) is 17.1. The lowest BCUT2D eigenvalue weighted by Gasteiger charge is -2.24. The van der Waals surface area contributed by atoms with E-state index in [9.17, 15) is 18.0 Å². The van der Waals surface area contributed by atoms with Crippen LogP contribution in [0.5, 0.6) is 0 Å². The Labute approximate surface area is 161 Å². The summed E-state index contributed by atoms with van der Waals surface area (Å²) in [7, 11) is -0.334. The summed E-state index contributed by atoms with van der Waals surface area (Å²) in [4.78, 5) is 25.9. The molecule has 0 spiro atoms. The van der Waals surface area contributed by atoms with E-state index in [-0.39, 0.29) is 24.4 Å². The van der Waals surface area contributed by atoms with E-state index in [4.69, 9.17) is 0 Å². The maximum atomic E-state index is 12.4. The fourth-order valence-electron chi connectivity index (χ4n) is 3.26. The van der Waals surface area contributed by atoms with Crippen molar-refractivity contribution in [1.29, 1.82) is 0 Å². The first kappa shape index (κ1) is 21.2. The van der Waals surface area contributed by atoms with E-state index in [1.54, 1.807) is 38.4 Å². The molecular formula is C19H29N3O4S. The van der Waals surface area contributed by atoms with Crippen LogP contribution in [-0.2, 0) is 14.8 Å². The smallest absolute Gasteiger partial charge is 0.253 e. The predicted molar refractivity (Wildman–Crippen MR) is 106 cm³/mol. The van der Waals surface area contributed by atoms with Crippen molar-refractivity contribution in [2.45, 2.75) is 44.6 Å². The summed E-state index contributed by atoms with van der Waals surface area (Å²) in [6.07, 6.45) is 7.48. The molecule has 0 bridgehead atoms. The normalized spacial score (nSPS) is 15.7. The highest BCUT2D eigenvalue weighted by atomic mass is 32.2. The van der Waals surface area contributed by atoms with Gasteiger partial charge in [0.2, 0.25) is 15.9 Å². The van der Waals surface area contributed by atoms with Crippen LogP contribution in [0.15, 0.2) is 24.3 Å². The molecule has 1 N–H and O–H groups in total. The van der Waals surface area contributed by atoms with E-state index in [0.717, 1.165) is 36.2 Å². The molecule has 0 aromatic heterocycles. The predicted octanol–water partition coefficient (Wildman–Crippen LogP) is 1.99. The van der Waals surface area contributed by atoms with E-state index < -0.39 is 10.0 Å². The second kappa shape index (κ2) is 9.21. The Bertz CT molecular complexity index is 752. The molecule has 0 unspecified atom stereocenters. The summed E-state index contributed by atoms with van der Waals surface area (Å²) < 4.78 is 25.5. The van der Waals surface area contributed by atoms with Crippen LogP contribution in [0.3, 0.4) is 0 Å². The number of sulfonamides is 1. The van der Waals surface area contributed by atoms with Crippen LogP contribution in [0, 0.1) is 0 Å². The van der Waals surface area contributed by atoms with Crippen LogP contribution in [0.2, 0.25) is 0 Å². The SMILES string of the molecule is CN(C)C(=O)c1ccc(N(CC(=O)NC2CCCCCC2)S(C)(=O)=O)cc1. The van der Waals surface area contributed by atoms with Gasteiger partial charge in [-0.25, -0.2) is 8.42 Å². The van der Waals surface area contributed by atoms with Crippen LogP contribution in [0.1, 0.15) is 48.9 Å². The third-order valence-corrected chi connectivity index (χ3v) is 5.86. The van der Waals surface area contributed by atoms with Gasteiger partial charge in [-0.3, -0.25) is 13.9 Å². The molecule has 7 nitrogen and oxygen atoms in total. The zero-order chi connectivity index (χ0) is 20.0. The fourth-order valence-corrected chi connectivity index (χ4v) is 4.11. The van der Waals surface area contributed by atoms with Gasteiger partial charge in [-0.15, -0.1) is 0 Å². The Morgan fingerprint density at radius 1 is 1.04 bits per heavy atom. The highest BCUT2D eigenvalue weighted by Crippen LogP contribution is 2.20. The minimum atomic E-state index is -3.63. The van der Waals surface area contributed by atoms with Gasteiger partial charge in [-0.05, 0) is 37.1 Å². The molecule has 1 aromatic carbocycles. The second-order valence-corrected chi connectivity index (χ2v) is 9.18. The van der Waals surface area contributed by atoms with Crippen molar-refractivity contribution in [2.24, 2.45) is 0 Å². The van der Waals surface area contributed by atoms with Gasteiger partial charge in [0.1, 0.15) is 6.54 Å². The maximum absolute atomic E-state index is 12.4. The van der Waals surface area contributed by atoms with E-state index in [1.807, 2.05) is 0 Å². The monoisotopic (exact) mass is 395 g/mol. The Hall–Kier alpha value is -2.09. The molecule has 2 amide bonds. The van der Waals surface area contributed by atoms with Gasteiger partial charge in [0, 0.05) is 25.7 Å². The number of hydrogen-bond donors (Lipinski definition) is 1. The molecule has 1 aliphatic carbocycles. The van der Waals surface area contributed by atoms with Crippen molar-refractivity contribution in [3.8, 4) is 0 Å². The quantitative estimate of drug-likeness (QED) is 0.747. The molecule has 0 heterocycles. The van der Waals surface area contributed by atoms with Crippen LogP contribution in [0.25, 0.3) is 0 Å². The molecule has 1 fully saturated rings. The third kappa shape index (κ3) is 6.23. The average molecular weight is 396 g/mol. The number of hydrogen-bond acceptors (Lipinski definition) is 4. The topological polar surface area (TPSA) is 86.8 Å². The summed E-state index contributed by atoms with van der Waals surface area (Å²) >= 11 is 0. The largest absolute Gasteiger partial charge is 0.352 e. The molecule has 0 aliphatic heterocycles. The van der Waals surface area contributed by atoms with E-state index in [2.05, 4.69) is 5.32 Å². The van der Waals surface area contributed by atoms with E-state index in [1.165, 1.54) is 17.7 Å². The molecule has 0 saturated heterocycles. The Kier molecular flexibility index (Phi) is 7.24. The lowest BCUT2D eigenvalue weighted by molar-refractivity contribution is -0.120. The fraction of sp³-hybridized carbons (Fsp3) is 0.579. The molecule has 0 radical (unpaired) electrons. The van der Waals surface area contributed by atoms with E-state index >= 15 is 0 Å². The number of nitrogens with one attached hydrogen (secondary N) is 1. The standard InChI is InChI=1S/C19H29N3O4S/c1-21(2)19(24)15-10-12-17(13-11-15)22(27(3,25)26)14-18(23)20-16-8-6-4-5-7-9-16/h10-13,16H,4-9,14H2,1-3H3,(H,20,23). The van der Waals surface area contributed by atoms with Crippen molar-refractivity contribution < 1.29 is 18.0 Å². The molecule has 1 aliphatic rings. The van der Waals surface area contributed by atoms with Crippen molar-refractivity contribution in [2.75, 3.05) is 31.2 Å². The molecule has 0 atom stereocenters. The Morgan fingerprint density at radius 2 is 1.59 bits per heavy atom. The van der Waals surface area contributed by atoms with Gasteiger partial charge in [0.05, 0.1) is 11.9 Å². The molecule has 27 heavy (non-hydrogen) atoms. The number of amides is 2. The number of carbonyl (C=O) groups excluding carboxylic acids is 2. The average Bonchev–Trinajstić information content (AvgIpc) is 2.87. The van der Waals surface area contributed by atoms with Gasteiger partial charge in [0.15, 0.2) is 0 Å². The Morgan fingerprint density at radius 3 is 2.07 bits per heavy atom. The number of rotatable bonds is 6. The molecule has 1 saturated carbocycles. The van der Waals surface area contributed by atoms with Crippen molar-refractivity contribution in [1.82, 2.24) is 10.2 Å². The molecular weight excluding hydrogens is 366 g/mol. The van der Waals surface area contributed by atoms with E-state index in [0.29, 0.717) is 11.3 Å².